The van der Waals surface area contributed by atoms with E-state index in [0.29, 0.717) is 5.39 Å². The molecule has 0 amide bonds. The topological polar surface area (TPSA) is 37.3 Å². The molecule has 0 aliphatic carbocycles. The van der Waals surface area contributed by atoms with Gasteiger partial charge in [-0.15, -0.1) is 0 Å². The van der Waals surface area contributed by atoms with Crippen LogP contribution in [0.5, 0.6) is 0 Å². The smallest absolute Gasteiger partial charge is 0.337 e. The lowest BCUT2D eigenvalue weighted by atomic mass is 9.98. The molecule has 3 rings (SSSR count). The van der Waals surface area contributed by atoms with Crippen molar-refractivity contribution in [2.75, 3.05) is 0 Å². The molecule has 21 heavy (non-hydrogen) atoms. The molecule has 3 aromatic rings. The van der Waals surface area contributed by atoms with Crippen LogP contribution in [0.1, 0.15) is 10.4 Å². The zero-order chi connectivity index (χ0) is 15.3. The number of fused-ring (bicyclic) bond motifs is 2. The number of benzene rings is 3. The van der Waals surface area contributed by atoms with E-state index in [4.69, 9.17) is 16.7 Å². The van der Waals surface area contributed by atoms with Crippen molar-refractivity contribution in [1.82, 2.24) is 0 Å². The van der Waals surface area contributed by atoms with Gasteiger partial charge in [0.05, 0.1) is 16.0 Å². The first-order chi connectivity index (χ1) is 9.93. The molecule has 0 aromatic heterocycles. The van der Waals surface area contributed by atoms with Crippen LogP contribution in [0.3, 0.4) is 0 Å². The summed E-state index contributed by atoms with van der Waals surface area (Å²) >= 11 is 5.56. The number of aromatic carboxylic acids is 1. The van der Waals surface area contributed by atoms with E-state index >= 15 is 0 Å². The third-order valence-electron chi connectivity index (χ3n) is 3.29. The van der Waals surface area contributed by atoms with Gasteiger partial charge < -0.3 is 5.11 Å². The van der Waals surface area contributed by atoms with Crippen LogP contribution in [0.2, 0.25) is 5.02 Å². The van der Waals surface area contributed by atoms with Crippen LogP contribution in [0.15, 0.2) is 30.3 Å². The maximum absolute atomic E-state index is 14.4. The number of halogens is 4. The lowest BCUT2D eigenvalue weighted by Gasteiger charge is -2.11. The molecule has 0 aliphatic heterocycles. The molecule has 0 saturated carbocycles. The summed E-state index contributed by atoms with van der Waals surface area (Å²) in [5, 5.41) is 7.72. The summed E-state index contributed by atoms with van der Waals surface area (Å²) in [5.41, 5.74) is -0.657. The molecule has 1 N–H and O–H groups in total. The molecule has 2 nitrogen and oxygen atoms in total. The summed E-state index contributed by atoms with van der Waals surface area (Å²) in [7, 11) is 0. The van der Waals surface area contributed by atoms with E-state index in [1.54, 1.807) is 18.2 Å². The third-order valence-corrected chi connectivity index (χ3v) is 3.65. The summed E-state index contributed by atoms with van der Waals surface area (Å²) in [5.74, 6) is -5.64. The minimum absolute atomic E-state index is 0.0713. The second-order valence-corrected chi connectivity index (χ2v) is 4.83. The standard InChI is InChI=1S/C15H6ClF3O2/c16-11-9(15(20)21)8-5-6-3-1-2-4-7(6)12(17)10(8)13(18)14(11)19/h1-5H,(H,20,21). The molecule has 0 aliphatic rings. The molecule has 0 atom stereocenters. The van der Waals surface area contributed by atoms with Crippen LogP contribution < -0.4 is 0 Å². The van der Waals surface area contributed by atoms with Gasteiger partial charge in [0.2, 0.25) is 0 Å². The van der Waals surface area contributed by atoms with Gasteiger partial charge in [0.15, 0.2) is 11.6 Å². The first kappa shape index (κ1) is 13.7. The maximum Gasteiger partial charge on any atom is 0.337 e. The Kier molecular flexibility index (Phi) is 3.02. The van der Waals surface area contributed by atoms with Crippen LogP contribution in [-0.2, 0) is 0 Å². The average Bonchev–Trinajstić information content (AvgIpc) is 2.45. The Morgan fingerprint density at radius 2 is 1.67 bits per heavy atom. The van der Waals surface area contributed by atoms with Gasteiger partial charge in [-0.1, -0.05) is 35.9 Å². The van der Waals surface area contributed by atoms with E-state index in [1.165, 1.54) is 12.1 Å². The van der Waals surface area contributed by atoms with Gasteiger partial charge in [-0.2, -0.15) is 0 Å². The summed E-state index contributed by atoms with van der Waals surface area (Å²) in [4.78, 5) is 11.3. The first-order valence-electron chi connectivity index (χ1n) is 5.84. The fourth-order valence-electron chi connectivity index (χ4n) is 2.36. The van der Waals surface area contributed by atoms with Crippen LogP contribution in [0.25, 0.3) is 21.5 Å². The van der Waals surface area contributed by atoms with Crippen molar-refractivity contribution in [3.8, 4) is 0 Å². The second-order valence-electron chi connectivity index (χ2n) is 4.46. The van der Waals surface area contributed by atoms with E-state index in [-0.39, 0.29) is 10.8 Å². The fraction of sp³-hybridized carbons (Fsp3) is 0. The molecule has 0 heterocycles. The summed E-state index contributed by atoms with van der Waals surface area (Å²) < 4.78 is 42.2. The zero-order valence-corrected chi connectivity index (χ0v) is 11.0. The largest absolute Gasteiger partial charge is 0.478 e. The van der Waals surface area contributed by atoms with Gasteiger partial charge in [-0.3, -0.25) is 0 Å². The van der Waals surface area contributed by atoms with Gasteiger partial charge in [0, 0.05) is 10.8 Å². The van der Waals surface area contributed by atoms with Gasteiger partial charge in [-0.05, 0) is 11.5 Å². The van der Waals surface area contributed by atoms with E-state index < -0.39 is 39.4 Å². The predicted octanol–water partition coefficient (Wildman–Crippen LogP) is 4.76. The molecule has 0 saturated heterocycles. The molecular formula is C15H6ClF3O2. The normalized spacial score (nSPS) is 11.2. The van der Waals surface area contributed by atoms with E-state index in [2.05, 4.69) is 0 Å². The lowest BCUT2D eigenvalue weighted by molar-refractivity contribution is 0.0698. The van der Waals surface area contributed by atoms with Gasteiger partial charge in [0.25, 0.3) is 0 Å². The van der Waals surface area contributed by atoms with Gasteiger partial charge in [-0.25, -0.2) is 18.0 Å². The molecule has 0 radical (unpaired) electrons. The summed E-state index contributed by atoms with van der Waals surface area (Å²) in [6.45, 7) is 0. The van der Waals surface area contributed by atoms with Crippen LogP contribution in [0, 0.1) is 17.5 Å². The summed E-state index contributed by atoms with van der Waals surface area (Å²) in [6.07, 6.45) is 0. The Balaban J connectivity index is 2.68. The van der Waals surface area contributed by atoms with Gasteiger partial charge in [0.1, 0.15) is 5.82 Å². The minimum Gasteiger partial charge on any atom is -0.478 e. The highest BCUT2D eigenvalue weighted by molar-refractivity contribution is 6.35. The lowest BCUT2D eigenvalue weighted by Crippen LogP contribution is -2.05. The number of hydrogen-bond donors (Lipinski definition) is 1. The van der Waals surface area contributed by atoms with Crippen LogP contribution in [-0.4, -0.2) is 11.1 Å². The van der Waals surface area contributed by atoms with Gasteiger partial charge >= 0.3 is 5.97 Å². The SMILES string of the molecule is O=C(O)c1c(Cl)c(F)c(F)c2c(F)c3ccccc3cc12. The Morgan fingerprint density at radius 1 is 1.00 bits per heavy atom. The first-order valence-corrected chi connectivity index (χ1v) is 6.22. The van der Waals surface area contributed by atoms with Crippen LogP contribution in [0.4, 0.5) is 13.2 Å². The Morgan fingerprint density at radius 3 is 2.33 bits per heavy atom. The minimum atomic E-state index is -1.57. The maximum atomic E-state index is 14.4. The second kappa shape index (κ2) is 4.63. The average molecular weight is 311 g/mol. The summed E-state index contributed by atoms with van der Waals surface area (Å²) in [6, 6.07) is 7.38. The molecule has 0 unspecified atom stereocenters. The highest BCUT2D eigenvalue weighted by Gasteiger charge is 2.25. The van der Waals surface area contributed by atoms with E-state index in [0.717, 1.165) is 0 Å². The number of carbonyl (C=O) groups is 1. The fourth-order valence-corrected chi connectivity index (χ4v) is 2.62. The highest BCUT2D eigenvalue weighted by atomic mass is 35.5. The number of carboxylic acid groups (broad SMARTS) is 1. The molecule has 3 aromatic carbocycles. The molecule has 0 spiro atoms. The van der Waals surface area contributed by atoms with E-state index in [1.807, 2.05) is 0 Å². The van der Waals surface area contributed by atoms with Crippen molar-refractivity contribution in [2.24, 2.45) is 0 Å². The number of carboxylic acids is 1. The predicted molar refractivity (Wildman–Crippen MR) is 73.3 cm³/mol. The molecule has 0 bridgehead atoms. The quantitative estimate of drug-likeness (QED) is 0.519. The Hall–Kier alpha value is -2.27. The van der Waals surface area contributed by atoms with Crippen LogP contribution >= 0.6 is 11.6 Å². The monoisotopic (exact) mass is 310 g/mol. The van der Waals surface area contributed by atoms with Crippen molar-refractivity contribution in [1.29, 1.82) is 0 Å². The van der Waals surface area contributed by atoms with E-state index in [9.17, 15) is 18.0 Å². The third kappa shape index (κ3) is 1.85. The van der Waals surface area contributed by atoms with Crippen molar-refractivity contribution >= 4 is 39.1 Å². The number of rotatable bonds is 1. The number of hydrogen-bond acceptors (Lipinski definition) is 1. The molecule has 106 valence electrons. The Bertz CT molecular complexity index is 922. The highest BCUT2D eigenvalue weighted by Crippen LogP contribution is 2.36. The van der Waals surface area contributed by atoms with Crippen molar-refractivity contribution in [3.05, 3.63) is 58.4 Å². The van der Waals surface area contributed by atoms with Crippen molar-refractivity contribution in [3.63, 3.8) is 0 Å². The molecular weight excluding hydrogens is 305 g/mol. The van der Waals surface area contributed by atoms with Crippen molar-refractivity contribution in [2.45, 2.75) is 0 Å². The van der Waals surface area contributed by atoms with Crippen molar-refractivity contribution < 1.29 is 23.1 Å². The Labute approximate surface area is 121 Å². The molecule has 6 heteroatoms. The zero-order valence-electron chi connectivity index (χ0n) is 10.3. The molecule has 0 fully saturated rings.